The Morgan fingerprint density at radius 3 is 2.72 bits per heavy atom. The molecule has 3 aromatic rings. The van der Waals surface area contributed by atoms with Crippen LogP contribution in [0.25, 0.3) is 5.65 Å². The molecule has 0 saturated heterocycles. The molecule has 0 amide bonds. The first-order valence-corrected chi connectivity index (χ1v) is 9.50. The number of hydrogen-bond acceptors (Lipinski definition) is 5. The van der Waals surface area contributed by atoms with Crippen LogP contribution in [0.2, 0.25) is 0 Å². The van der Waals surface area contributed by atoms with E-state index in [0.717, 1.165) is 30.8 Å². The highest BCUT2D eigenvalue weighted by Gasteiger charge is 2.29. The fourth-order valence-corrected chi connectivity index (χ4v) is 4.78. The molecule has 4 rings (SSSR count). The van der Waals surface area contributed by atoms with Crippen LogP contribution >= 0.6 is 12.4 Å². The third kappa shape index (κ3) is 2.82. The van der Waals surface area contributed by atoms with E-state index in [9.17, 15) is 8.42 Å². The number of sulfone groups is 1. The highest BCUT2D eigenvalue weighted by atomic mass is 35.5. The number of fused-ring (bicyclic) bond motifs is 3. The largest absolute Gasteiger partial charge is 0.312 e. The Morgan fingerprint density at radius 1 is 1.24 bits per heavy atom. The average Bonchev–Trinajstić information content (AvgIpc) is 3.02. The molecule has 0 spiro atoms. The molecule has 3 heterocycles. The SMILES string of the molecule is CCc1nn2c3c(cnc2c1S(=O)(=O)c1ccccc1)CNCC3.Cl. The fourth-order valence-electron chi connectivity index (χ4n) is 3.16. The van der Waals surface area contributed by atoms with Crippen LogP contribution < -0.4 is 5.32 Å². The fraction of sp³-hybridized carbons (Fsp3) is 0.294. The maximum absolute atomic E-state index is 13.2. The van der Waals surface area contributed by atoms with E-state index in [1.807, 2.05) is 6.92 Å². The van der Waals surface area contributed by atoms with E-state index in [1.54, 1.807) is 41.0 Å². The summed E-state index contributed by atoms with van der Waals surface area (Å²) in [6.45, 7) is 3.51. The Labute approximate surface area is 152 Å². The molecule has 0 saturated carbocycles. The van der Waals surface area contributed by atoms with Gasteiger partial charge >= 0.3 is 0 Å². The van der Waals surface area contributed by atoms with Gasteiger partial charge in [0.2, 0.25) is 9.84 Å². The summed E-state index contributed by atoms with van der Waals surface area (Å²) in [5.74, 6) is 0. The van der Waals surface area contributed by atoms with Crippen LogP contribution in [0.1, 0.15) is 23.9 Å². The van der Waals surface area contributed by atoms with E-state index in [4.69, 9.17) is 0 Å². The Balaban J connectivity index is 0.00000182. The van der Waals surface area contributed by atoms with Crippen LogP contribution in [0, 0.1) is 0 Å². The number of benzene rings is 1. The van der Waals surface area contributed by atoms with Gasteiger partial charge in [-0.15, -0.1) is 12.4 Å². The number of aryl methyl sites for hydroxylation is 1. The zero-order valence-electron chi connectivity index (χ0n) is 13.8. The lowest BCUT2D eigenvalue weighted by Gasteiger charge is -2.17. The van der Waals surface area contributed by atoms with Crippen molar-refractivity contribution in [3.8, 4) is 0 Å². The van der Waals surface area contributed by atoms with Crippen molar-refractivity contribution in [3.63, 3.8) is 0 Å². The second-order valence-corrected chi connectivity index (χ2v) is 7.72. The second-order valence-electron chi connectivity index (χ2n) is 5.84. The minimum absolute atomic E-state index is 0. The van der Waals surface area contributed by atoms with E-state index in [2.05, 4.69) is 15.4 Å². The zero-order valence-corrected chi connectivity index (χ0v) is 15.4. The second kappa shape index (κ2) is 6.74. The molecule has 25 heavy (non-hydrogen) atoms. The van der Waals surface area contributed by atoms with Crippen molar-refractivity contribution in [1.82, 2.24) is 19.9 Å². The number of nitrogens with zero attached hydrogens (tertiary/aromatic N) is 3. The van der Waals surface area contributed by atoms with Crippen molar-refractivity contribution >= 4 is 27.9 Å². The van der Waals surface area contributed by atoms with E-state index >= 15 is 0 Å². The topological polar surface area (TPSA) is 76.4 Å². The molecule has 0 radical (unpaired) electrons. The van der Waals surface area contributed by atoms with E-state index in [1.165, 1.54) is 0 Å². The number of halogens is 1. The van der Waals surface area contributed by atoms with Crippen LogP contribution in [-0.2, 0) is 29.2 Å². The molecule has 1 N–H and O–H groups in total. The van der Waals surface area contributed by atoms with Crippen molar-refractivity contribution in [2.45, 2.75) is 36.1 Å². The minimum atomic E-state index is -3.65. The quantitative estimate of drug-likeness (QED) is 0.756. The smallest absolute Gasteiger partial charge is 0.212 e. The van der Waals surface area contributed by atoms with Gasteiger partial charge < -0.3 is 5.32 Å². The highest BCUT2D eigenvalue weighted by molar-refractivity contribution is 7.91. The molecule has 0 fully saturated rings. The van der Waals surface area contributed by atoms with E-state index in [-0.39, 0.29) is 22.2 Å². The van der Waals surface area contributed by atoms with Gasteiger partial charge in [-0.3, -0.25) is 0 Å². The Hall–Kier alpha value is -1.96. The summed E-state index contributed by atoms with van der Waals surface area (Å²) in [6.07, 6.45) is 3.11. The number of aromatic nitrogens is 3. The molecule has 1 aromatic carbocycles. The summed E-state index contributed by atoms with van der Waals surface area (Å²) in [5, 5.41) is 7.88. The van der Waals surface area contributed by atoms with Crippen molar-refractivity contribution in [2.24, 2.45) is 0 Å². The van der Waals surface area contributed by atoms with Crippen LogP contribution in [0.3, 0.4) is 0 Å². The lowest BCUT2D eigenvalue weighted by molar-refractivity contribution is 0.595. The molecule has 0 atom stereocenters. The summed E-state index contributed by atoms with van der Waals surface area (Å²) in [5.41, 5.74) is 3.11. The number of rotatable bonds is 3. The molecule has 8 heteroatoms. The van der Waals surface area contributed by atoms with Gasteiger partial charge in [0.1, 0.15) is 4.90 Å². The summed E-state index contributed by atoms with van der Waals surface area (Å²) in [7, 11) is -3.65. The Kier molecular flexibility index (Phi) is 4.81. The molecule has 2 aromatic heterocycles. The monoisotopic (exact) mass is 378 g/mol. The van der Waals surface area contributed by atoms with E-state index < -0.39 is 9.84 Å². The van der Waals surface area contributed by atoms with Gasteiger partial charge in [0.05, 0.1) is 16.3 Å². The zero-order chi connectivity index (χ0) is 16.7. The molecule has 0 bridgehead atoms. The standard InChI is InChI=1S/C17H18N4O2S.ClH/c1-2-14-16(24(22,23)13-6-4-3-5-7-13)17-19-11-12-10-18-9-8-15(12)21(17)20-14;/h3-7,11,18H,2,8-10H2,1H3;1H. The predicted molar refractivity (Wildman–Crippen MR) is 96.9 cm³/mol. The molecule has 1 aliphatic heterocycles. The van der Waals surface area contributed by atoms with Gasteiger partial charge in [0.25, 0.3) is 0 Å². The van der Waals surface area contributed by atoms with Gasteiger partial charge in [-0.25, -0.2) is 17.9 Å². The molecular formula is C17H19ClN4O2S. The van der Waals surface area contributed by atoms with Gasteiger partial charge in [-0.05, 0) is 18.6 Å². The third-order valence-corrected chi connectivity index (χ3v) is 6.22. The molecule has 1 aliphatic rings. The van der Waals surface area contributed by atoms with Crippen LogP contribution in [0.15, 0.2) is 46.3 Å². The lowest BCUT2D eigenvalue weighted by atomic mass is 10.1. The Bertz CT molecular complexity index is 1020. The van der Waals surface area contributed by atoms with Gasteiger partial charge in [-0.1, -0.05) is 25.1 Å². The van der Waals surface area contributed by atoms with Gasteiger partial charge in [-0.2, -0.15) is 5.10 Å². The number of nitrogens with one attached hydrogen (secondary N) is 1. The van der Waals surface area contributed by atoms with Crippen molar-refractivity contribution in [3.05, 3.63) is 53.5 Å². The van der Waals surface area contributed by atoms with Crippen LogP contribution in [0.4, 0.5) is 0 Å². The normalized spacial score (nSPS) is 14.1. The van der Waals surface area contributed by atoms with Crippen molar-refractivity contribution < 1.29 is 8.42 Å². The maximum atomic E-state index is 13.2. The van der Waals surface area contributed by atoms with Crippen LogP contribution in [-0.4, -0.2) is 29.6 Å². The first kappa shape index (κ1) is 17.8. The summed E-state index contributed by atoms with van der Waals surface area (Å²) in [6, 6.07) is 8.48. The lowest BCUT2D eigenvalue weighted by Crippen LogP contribution is -2.26. The first-order valence-electron chi connectivity index (χ1n) is 8.02. The highest BCUT2D eigenvalue weighted by Crippen LogP contribution is 2.29. The summed E-state index contributed by atoms with van der Waals surface area (Å²) >= 11 is 0. The molecule has 6 nitrogen and oxygen atoms in total. The predicted octanol–water partition coefficient (Wildman–Crippen LogP) is 2.19. The van der Waals surface area contributed by atoms with Gasteiger partial charge in [0.15, 0.2) is 5.65 Å². The minimum Gasteiger partial charge on any atom is -0.312 e. The summed E-state index contributed by atoms with van der Waals surface area (Å²) < 4.78 is 28.0. The first-order chi connectivity index (χ1) is 11.6. The molecule has 132 valence electrons. The maximum Gasteiger partial charge on any atom is 0.212 e. The third-order valence-electron chi connectivity index (χ3n) is 4.37. The van der Waals surface area contributed by atoms with Crippen LogP contribution in [0.5, 0.6) is 0 Å². The Morgan fingerprint density at radius 2 is 2.00 bits per heavy atom. The van der Waals surface area contributed by atoms with Crippen molar-refractivity contribution in [1.29, 1.82) is 0 Å². The van der Waals surface area contributed by atoms with E-state index in [0.29, 0.717) is 17.8 Å². The molecule has 0 aliphatic carbocycles. The summed E-state index contributed by atoms with van der Waals surface area (Å²) in [4.78, 5) is 4.94. The van der Waals surface area contributed by atoms with Gasteiger partial charge in [0, 0.05) is 31.3 Å². The average molecular weight is 379 g/mol. The van der Waals surface area contributed by atoms with Crippen molar-refractivity contribution in [2.75, 3.05) is 6.54 Å². The number of hydrogen-bond donors (Lipinski definition) is 1. The molecule has 0 unspecified atom stereocenters. The molecular weight excluding hydrogens is 360 g/mol.